The highest BCUT2D eigenvalue weighted by Crippen LogP contribution is 2.37. The lowest BCUT2D eigenvalue weighted by molar-refractivity contribution is -0.180. The van der Waals surface area contributed by atoms with Crippen molar-refractivity contribution in [1.82, 2.24) is 0 Å². The quantitative estimate of drug-likeness (QED) is 0.745. The zero-order chi connectivity index (χ0) is 15.5. The van der Waals surface area contributed by atoms with Crippen LogP contribution in [0.3, 0.4) is 0 Å². The van der Waals surface area contributed by atoms with Crippen molar-refractivity contribution < 1.29 is 18.8 Å². The molecule has 4 nitrogen and oxygen atoms in total. The molecule has 1 fully saturated rings. The lowest BCUT2D eigenvalue weighted by Crippen LogP contribution is -2.41. The molecule has 114 valence electrons. The molecule has 0 aliphatic carbocycles. The lowest BCUT2D eigenvalue weighted by atomic mass is 9.78. The molecule has 0 aromatic heterocycles. The average Bonchev–Trinajstić information content (AvgIpc) is 2.57. The minimum absolute atomic E-state index is 0.331. The second kappa shape index (κ2) is 4.48. The van der Waals surface area contributed by atoms with E-state index in [9.17, 15) is 0 Å². The third-order valence-electron chi connectivity index (χ3n) is 4.54. The first-order valence-electron chi connectivity index (χ1n) is 7.41. The normalized spacial score (nSPS) is 25.3. The Bertz CT molecular complexity index is 549. The van der Waals surface area contributed by atoms with Crippen LogP contribution in [0.2, 0.25) is 0 Å². The predicted octanol–water partition coefficient (Wildman–Crippen LogP) is 2.63. The van der Waals surface area contributed by atoms with Crippen LogP contribution in [-0.2, 0) is 20.7 Å². The SMILES string of the molecule is CC1(C)OCc2cc(B3OC(C)(C)C(C)(C)O3)ccc2O1. The van der Waals surface area contributed by atoms with Gasteiger partial charge < -0.3 is 18.8 Å². The van der Waals surface area contributed by atoms with Gasteiger partial charge >= 0.3 is 7.12 Å². The zero-order valence-electron chi connectivity index (χ0n) is 13.6. The third-order valence-corrected chi connectivity index (χ3v) is 4.54. The average molecular weight is 290 g/mol. The Morgan fingerprint density at radius 2 is 1.57 bits per heavy atom. The molecule has 21 heavy (non-hydrogen) atoms. The van der Waals surface area contributed by atoms with Gasteiger partial charge in [-0.15, -0.1) is 0 Å². The largest absolute Gasteiger partial charge is 0.494 e. The molecule has 1 aromatic rings. The van der Waals surface area contributed by atoms with Gasteiger partial charge in [0.05, 0.1) is 17.8 Å². The van der Waals surface area contributed by atoms with Gasteiger partial charge in [0.1, 0.15) is 5.75 Å². The summed E-state index contributed by atoms with van der Waals surface area (Å²) in [5, 5.41) is 0. The standard InChI is InChI=1S/C16H23BO4/c1-14(2)15(3,4)21-17(20-14)12-7-8-13-11(9-12)10-18-16(5,6)19-13/h7-9H,10H2,1-6H3. The second-order valence-electron chi connectivity index (χ2n) is 7.25. The van der Waals surface area contributed by atoms with Gasteiger partial charge in [0, 0.05) is 19.4 Å². The van der Waals surface area contributed by atoms with Crippen molar-refractivity contribution in [3.05, 3.63) is 23.8 Å². The Labute approximate surface area is 126 Å². The Hall–Kier alpha value is -1.04. The fraction of sp³-hybridized carbons (Fsp3) is 0.625. The molecule has 5 heteroatoms. The van der Waals surface area contributed by atoms with Gasteiger partial charge in [0.15, 0.2) is 0 Å². The molecule has 0 unspecified atom stereocenters. The van der Waals surface area contributed by atoms with Crippen molar-refractivity contribution in [3.8, 4) is 5.75 Å². The highest BCUT2D eigenvalue weighted by Gasteiger charge is 2.51. The number of hydrogen-bond acceptors (Lipinski definition) is 4. The predicted molar refractivity (Wildman–Crippen MR) is 81.7 cm³/mol. The summed E-state index contributed by atoms with van der Waals surface area (Å²) in [6.45, 7) is 12.6. The van der Waals surface area contributed by atoms with Gasteiger partial charge in [-0.1, -0.05) is 12.1 Å². The minimum atomic E-state index is -0.571. The molecule has 1 saturated heterocycles. The number of fused-ring (bicyclic) bond motifs is 1. The molecule has 0 radical (unpaired) electrons. The van der Waals surface area contributed by atoms with Crippen LogP contribution in [0.4, 0.5) is 0 Å². The first kappa shape index (κ1) is 14.9. The van der Waals surface area contributed by atoms with Crippen molar-refractivity contribution >= 4 is 12.6 Å². The first-order valence-corrected chi connectivity index (χ1v) is 7.41. The molecule has 0 atom stereocenters. The van der Waals surface area contributed by atoms with Crippen LogP contribution in [0, 0.1) is 0 Å². The van der Waals surface area contributed by atoms with E-state index in [0.29, 0.717) is 6.61 Å². The second-order valence-corrected chi connectivity index (χ2v) is 7.25. The van der Waals surface area contributed by atoms with E-state index in [1.54, 1.807) is 0 Å². The van der Waals surface area contributed by atoms with E-state index in [-0.39, 0.29) is 18.3 Å². The van der Waals surface area contributed by atoms with Crippen molar-refractivity contribution in [2.24, 2.45) is 0 Å². The maximum absolute atomic E-state index is 6.08. The fourth-order valence-corrected chi connectivity index (χ4v) is 2.48. The van der Waals surface area contributed by atoms with Crippen LogP contribution in [0.15, 0.2) is 18.2 Å². The van der Waals surface area contributed by atoms with Gasteiger partial charge in [-0.05, 0) is 39.2 Å². The smallest absolute Gasteiger partial charge is 0.463 e. The molecule has 0 amide bonds. The fourth-order valence-electron chi connectivity index (χ4n) is 2.48. The van der Waals surface area contributed by atoms with Crippen LogP contribution in [0.5, 0.6) is 5.75 Å². The van der Waals surface area contributed by atoms with Crippen LogP contribution in [0.25, 0.3) is 0 Å². The molecule has 2 heterocycles. The Morgan fingerprint density at radius 3 is 2.19 bits per heavy atom. The highest BCUT2D eigenvalue weighted by atomic mass is 16.7. The molecule has 0 saturated carbocycles. The number of hydrogen-bond donors (Lipinski definition) is 0. The summed E-state index contributed by atoms with van der Waals surface area (Å²) in [5.74, 6) is 0.297. The van der Waals surface area contributed by atoms with Gasteiger partial charge in [0.25, 0.3) is 0 Å². The molecule has 2 aliphatic rings. The topological polar surface area (TPSA) is 36.9 Å². The summed E-state index contributed by atoms with van der Waals surface area (Å²) < 4.78 is 23.7. The van der Waals surface area contributed by atoms with E-state index in [2.05, 4.69) is 27.7 Å². The Balaban J connectivity index is 1.86. The van der Waals surface area contributed by atoms with E-state index in [1.165, 1.54) is 0 Å². The number of benzene rings is 1. The van der Waals surface area contributed by atoms with Gasteiger partial charge in [0.2, 0.25) is 5.79 Å². The van der Waals surface area contributed by atoms with E-state index >= 15 is 0 Å². The highest BCUT2D eigenvalue weighted by molar-refractivity contribution is 6.62. The number of ether oxygens (including phenoxy) is 2. The Morgan fingerprint density at radius 1 is 0.952 bits per heavy atom. The summed E-state index contributed by atoms with van der Waals surface area (Å²) in [6.07, 6.45) is 0. The molecule has 0 N–H and O–H groups in total. The monoisotopic (exact) mass is 290 g/mol. The minimum Gasteiger partial charge on any atom is -0.463 e. The molecule has 3 rings (SSSR count). The molecule has 0 bridgehead atoms. The summed E-state index contributed by atoms with van der Waals surface area (Å²) in [6, 6.07) is 6.02. The molecular weight excluding hydrogens is 267 g/mol. The van der Waals surface area contributed by atoms with Crippen molar-refractivity contribution in [3.63, 3.8) is 0 Å². The molecule has 2 aliphatic heterocycles. The van der Waals surface area contributed by atoms with Crippen molar-refractivity contribution in [2.75, 3.05) is 0 Å². The van der Waals surface area contributed by atoms with E-state index in [1.807, 2.05) is 32.0 Å². The maximum Gasteiger partial charge on any atom is 0.494 e. The maximum atomic E-state index is 6.08. The molecular formula is C16H23BO4. The van der Waals surface area contributed by atoms with Gasteiger partial charge in [-0.3, -0.25) is 0 Å². The van der Waals surface area contributed by atoms with Gasteiger partial charge in [-0.2, -0.15) is 0 Å². The van der Waals surface area contributed by atoms with Crippen LogP contribution < -0.4 is 10.2 Å². The van der Waals surface area contributed by atoms with E-state index in [4.69, 9.17) is 18.8 Å². The van der Waals surface area contributed by atoms with Crippen molar-refractivity contribution in [1.29, 1.82) is 0 Å². The summed E-state index contributed by atoms with van der Waals surface area (Å²) in [5.41, 5.74) is 1.37. The molecule has 0 spiro atoms. The molecule has 1 aromatic carbocycles. The van der Waals surface area contributed by atoms with Crippen LogP contribution >= 0.6 is 0 Å². The van der Waals surface area contributed by atoms with Crippen LogP contribution in [-0.4, -0.2) is 24.1 Å². The van der Waals surface area contributed by atoms with E-state index in [0.717, 1.165) is 16.8 Å². The first-order chi connectivity index (χ1) is 9.60. The third kappa shape index (κ3) is 2.58. The van der Waals surface area contributed by atoms with E-state index < -0.39 is 5.79 Å². The van der Waals surface area contributed by atoms with Crippen molar-refractivity contribution in [2.45, 2.75) is 65.1 Å². The van der Waals surface area contributed by atoms with Crippen LogP contribution in [0.1, 0.15) is 47.1 Å². The summed E-state index contributed by atoms with van der Waals surface area (Å²) >= 11 is 0. The van der Waals surface area contributed by atoms with Gasteiger partial charge in [-0.25, -0.2) is 0 Å². The Kier molecular flexibility index (Phi) is 3.17. The zero-order valence-corrected chi connectivity index (χ0v) is 13.6. The summed E-state index contributed by atoms with van der Waals surface area (Å²) in [7, 11) is -0.352. The summed E-state index contributed by atoms with van der Waals surface area (Å²) in [4.78, 5) is 0. The number of rotatable bonds is 1. The lowest BCUT2D eigenvalue weighted by Gasteiger charge is -2.32.